The number of nitrogens with one attached hydrogen (secondary N) is 2. The van der Waals surface area contributed by atoms with E-state index in [0.717, 1.165) is 50.0 Å². The van der Waals surface area contributed by atoms with Crippen LogP contribution in [0, 0.1) is 5.92 Å². The summed E-state index contributed by atoms with van der Waals surface area (Å²) >= 11 is 1.79. The van der Waals surface area contributed by atoms with Gasteiger partial charge in [-0.1, -0.05) is 6.92 Å². The van der Waals surface area contributed by atoms with Gasteiger partial charge in [-0.3, -0.25) is 0 Å². The van der Waals surface area contributed by atoms with E-state index in [0.29, 0.717) is 12.4 Å². The van der Waals surface area contributed by atoms with E-state index in [1.807, 2.05) is 18.3 Å². The van der Waals surface area contributed by atoms with Crippen molar-refractivity contribution in [3.8, 4) is 5.88 Å². The van der Waals surface area contributed by atoms with Crippen molar-refractivity contribution in [3.63, 3.8) is 0 Å². The van der Waals surface area contributed by atoms with Gasteiger partial charge >= 0.3 is 0 Å². The van der Waals surface area contributed by atoms with Gasteiger partial charge in [0.1, 0.15) is 0 Å². The predicted octanol–water partition coefficient (Wildman–Crippen LogP) is 3.19. The molecule has 0 spiro atoms. The van der Waals surface area contributed by atoms with Gasteiger partial charge in [0, 0.05) is 42.8 Å². The van der Waals surface area contributed by atoms with E-state index in [-0.39, 0.29) is 0 Å². The summed E-state index contributed by atoms with van der Waals surface area (Å²) in [5, 5.41) is 7.85. The molecule has 2 aromatic rings. The third-order valence-electron chi connectivity index (χ3n) is 4.31. The molecule has 0 aromatic carbocycles. The van der Waals surface area contributed by atoms with E-state index in [1.54, 1.807) is 17.5 Å². The molecule has 0 radical (unpaired) electrons. The number of aromatic nitrogens is 2. The molecule has 0 unspecified atom stereocenters. The highest BCUT2D eigenvalue weighted by Gasteiger charge is 2.22. The number of pyridine rings is 1. The quantitative estimate of drug-likeness (QED) is 0.484. The maximum absolute atomic E-state index is 5.75. The van der Waals surface area contributed by atoms with Crippen molar-refractivity contribution in [1.82, 2.24) is 20.6 Å². The Morgan fingerprint density at radius 3 is 2.93 bits per heavy atom. The maximum Gasteiger partial charge on any atom is 0.213 e. The first kappa shape index (κ1) is 19.6. The third kappa shape index (κ3) is 6.82. The normalized spacial score (nSPS) is 14.2. The Labute approximate surface area is 165 Å². The number of nitrogens with zero attached hydrogens (tertiary/aromatic N) is 3. The van der Waals surface area contributed by atoms with Gasteiger partial charge in [-0.15, -0.1) is 11.3 Å². The zero-order chi connectivity index (χ0) is 18.9. The Hall–Kier alpha value is -2.15. The summed E-state index contributed by atoms with van der Waals surface area (Å²) in [7, 11) is 0. The van der Waals surface area contributed by atoms with E-state index in [2.05, 4.69) is 39.4 Å². The number of hydrogen-bond acceptors (Lipinski definition) is 5. The van der Waals surface area contributed by atoms with Crippen molar-refractivity contribution in [2.45, 2.75) is 46.1 Å². The van der Waals surface area contributed by atoms with Crippen LogP contribution in [-0.2, 0) is 19.4 Å². The van der Waals surface area contributed by atoms with Crippen molar-refractivity contribution in [1.29, 1.82) is 0 Å². The number of ether oxygens (including phenoxy) is 1. The van der Waals surface area contributed by atoms with Crippen molar-refractivity contribution >= 4 is 17.3 Å². The van der Waals surface area contributed by atoms with E-state index >= 15 is 0 Å². The Balaban J connectivity index is 1.49. The fourth-order valence-corrected chi connectivity index (χ4v) is 3.40. The highest BCUT2D eigenvalue weighted by molar-refractivity contribution is 7.11. The summed E-state index contributed by atoms with van der Waals surface area (Å²) < 4.78 is 5.75. The molecule has 2 heterocycles. The van der Waals surface area contributed by atoms with Crippen LogP contribution in [0.5, 0.6) is 5.88 Å². The van der Waals surface area contributed by atoms with Gasteiger partial charge < -0.3 is 15.4 Å². The first-order valence-electron chi connectivity index (χ1n) is 9.80. The molecule has 0 amide bonds. The largest absolute Gasteiger partial charge is 0.477 e. The molecular formula is C20H29N5OS. The van der Waals surface area contributed by atoms with Gasteiger partial charge in [-0.25, -0.2) is 15.0 Å². The minimum Gasteiger partial charge on any atom is -0.477 e. The van der Waals surface area contributed by atoms with Crippen LogP contribution in [0.4, 0.5) is 0 Å². The SMILES string of the molecule is CCNC(=NCc1ccnc(OCC2CC2)c1)NCCc1ncc(CC)s1. The zero-order valence-corrected chi connectivity index (χ0v) is 17.0. The molecular weight excluding hydrogens is 358 g/mol. The van der Waals surface area contributed by atoms with E-state index in [9.17, 15) is 0 Å². The van der Waals surface area contributed by atoms with E-state index in [1.165, 1.54) is 22.7 Å². The molecule has 6 nitrogen and oxygen atoms in total. The molecule has 146 valence electrons. The second-order valence-electron chi connectivity index (χ2n) is 6.70. The van der Waals surface area contributed by atoms with Crippen LogP contribution in [0.1, 0.15) is 42.1 Å². The van der Waals surface area contributed by atoms with Crippen molar-refractivity contribution < 1.29 is 4.74 Å². The smallest absolute Gasteiger partial charge is 0.213 e. The second kappa shape index (κ2) is 10.3. The minimum absolute atomic E-state index is 0.592. The van der Waals surface area contributed by atoms with Crippen molar-refractivity contribution in [2.24, 2.45) is 10.9 Å². The highest BCUT2D eigenvalue weighted by atomic mass is 32.1. The van der Waals surface area contributed by atoms with Gasteiger partial charge in [0.2, 0.25) is 5.88 Å². The molecule has 7 heteroatoms. The van der Waals surface area contributed by atoms with Crippen LogP contribution in [0.25, 0.3) is 0 Å². The zero-order valence-electron chi connectivity index (χ0n) is 16.2. The molecule has 0 aliphatic heterocycles. The summed E-state index contributed by atoms with van der Waals surface area (Å²) in [6.07, 6.45) is 8.29. The number of aliphatic imine (C=N–C) groups is 1. The van der Waals surface area contributed by atoms with E-state index in [4.69, 9.17) is 4.74 Å². The standard InChI is InChI=1S/C20H29N5OS/c1-3-17-13-24-19(27-17)8-10-23-20(21-4-2)25-12-16-7-9-22-18(11-16)26-14-15-5-6-15/h7,9,11,13,15H,3-6,8,10,12,14H2,1-2H3,(H2,21,23,25). The van der Waals surface area contributed by atoms with Crippen LogP contribution in [0.2, 0.25) is 0 Å². The monoisotopic (exact) mass is 387 g/mol. The van der Waals surface area contributed by atoms with Crippen molar-refractivity contribution in [2.75, 3.05) is 19.7 Å². The summed E-state index contributed by atoms with van der Waals surface area (Å²) in [5.74, 6) is 2.24. The van der Waals surface area contributed by atoms with Crippen LogP contribution in [0.15, 0.2) is 29.5 Å². The van der Waals surface area contributed by atoms with Crippen LogP contribution in [0.3, 0.4) is 0 Å². The molecule has 1 fully saturated rings. The summed E-state index contributed by atoms with van der Waals surface area (Å²) in [6.45, 7) is 7.24. The molecule has 3 rings (SSSR count). The fourth-order valence-electron chi connectivity index (χ4n) is 2.54. The Bertz CT molecular complexity index is 741. The first-order chi connectivity index (χ1) is 13.3. The lowest BCUT2D eigenvalue weighted by atomic mass is 10.3. The predicted molar refractivity (Wildman–Crippen MR) is 110 cm³/mol. The number of rotatable bonds is 10. The topological polar surface area (TPSA) is 71.4 Å². The Morgan fingerprint density at radius 2 is 2.19 bits per heavy atom. The number of aryl methyl sites for hydroxylation is 1. The van der Waals surface area contributed by atoms with E-state index < -0.39 is 0 Å². The fraction of sp³-hybridized carbons (Fsp3) is 0.550. The summed E-state index contributed by atoms with van der Waals surface area (Å²) in [5.41, 5.74) is 1.10. The van der Waals surface area contributed by atoms with Crippen LogP contribution >= 0.6 is 11.3 Å². The lowest BCUT2D eigenvalue weighted by Gasteiger charge is -2.11. The number of guanidine groups is 1. The Morgan fingerprint density at radius 1 is 1.30 bits per heavy atom. The highest BCUT2D eigenvalue weighted by Crippen LogP contribution is 2.29. The second-order valence-corrected chi connectivity index (χ2v) is 7.90. The van der Waals surface area contributed by atoms with Gasteiger partial charge in [0.05, 0.1) is 18.2 Å². The Kier molecular flexibility index (Phi) is 7.45. The molecule has 0 bridgehead atoms. The third-order valence-corrected chi connectivity index (χ3v) is 5.51. The number of hydrogen-bond donors (Lipinski definition) is 2. The first-order valence-corrected chi connectivity index (χ1v) is 10.6. The summed E-state index contributed by atoms with van der Waals surface area (Å²) in [4.78, 5) is 14.8. The molecule has 2 N–H and O–H groups in total. The average Bonchev–Trinajstić information content (AvgIpc) is 3.41. The van der Waals surface area contributed by atoms with Gasteiger partial charge in [0.25, 0.3) is 0 Å². The molecule has 0 atom stereocenters. The molecule has 1 aliphatic carbocycles. The molecule has 0 saturated heterocycles. The minimum atomic E-state index is 0.592. The van der Waals surface area contributed by atoms with Gasteiger partial charge in [0.15, 0.2) is 5.96 Å². The molecule has 2 aromatic heterocycles. The average molecular weight is 388 g/mol. The van der Waals surface area contributed by atoms with Crippen LogP contribution in [-0.4, -0.2) is 35.6 Å². The van der Waals surface area contributed by atoms with Gasteiger partial charge in [-0.2, -0.15) is 0 Å². The lowest BCUT2D eigenvalue weighted by Crippen LogP contribution is -2.38. The lowest BCUT2D eigenvalue weighted by molar-refractivity contribution is 0.288. The molecule has 27 heavy (non-hydrogen) atoms. The van der Waals surface area contributed by atoms with Gasteiger partial charge in [-0.05, 0) is 43.7 Å². The van der Waals surface area contributed by atoms with Crippen LogP contribution < -0.4 is 15.4 Å². The number of thiazole rings is 1. The molecule has 1 aliphatic rings. The molecule has 1 saturated carbocycles. The summed E-state index contributed by atoms with van der Waals surface area (Å²) in [6, 6.07) is 3.97. The maximum atomic E-state index is 5.75. The van der Waals surface area contributed by atoms with Crippen molar-refractivity contribution in [3.05, 3.63) is 40.0 Å².